The van der Waals surface area contributed by atoms with E-state index in [2.05, 4.69) is 17.1 Å². The number of aromatic amines is 1. The van der Waals surface area contributed by atoms with Crippen LogP contribution < -0.4 is 5.56 Å². The summed E-state index contributed by atoms with van der Waals surface area (Å²) >= 11 is 0. The third-order valence-electron chi connectivity index (χ3n) is 7.98. The van der Waals surface area contributed by atoms with Crippen molar-refractivity contribution in [3.8, 4) is 11.1 Å². The largest absolute Gasteiger partial charge is 0.416 e. The summed E-state index contributed by atoms with van der Waals surface area (Å²) in [7, 11) is 0. The Balaban J connectivity index is 1.23. The highest BCUT2D eigenvalue weighted by molar-refractivity contribution is 5.79. The van der Waals surface area contributed by atoms with Gasteiger partial charge in [-0.2, -0.15) is 13.2 Å². The molecule has 40 heavy (non-hydrogen) atoms. The molecule has 1 aliphatic carbocycles. The van der Waals surface area contributed by atoms with Crippen LogP contribution in [-0.4, -0.2) is 27.3 Å². The molecular weight excluding hydrogens is 515 g/mol. The Morgan fingerprint density at radius 2 is 1.68 bits per heavy atom. The average Bonchev–Trinajstić information content (AvgIpc) is 3.78. The molecule has 0 spiro atoms. The molecule has 4 aromatic rings. The lowest BCUT2D eigenvalue weighted by molar-refractivity contribution is -0.137. The minimum absolute atomic E-state index is 0.103. The monoisotopic (exact) mass is 543 g/mol. The molecule has 1 aromatic heterocycles. The molecule has 8 heteroatoms. The van der Waals surface area contributed by atoms with E-state index in [0.717, 1.165) is 30.5 Å². The van der Waals surface area contributed by atoms with Crippen LogP contribution in [-0.2, 0) is 35.8 Å². The summed E-state index contributed by atoms with van der Waals surface area (Å²) < 4.78 is 39.6. The summed E-state index contributed by atoms with van der Waals surface area (Å²) in [4.78, 5) is 36.2. The zero-order chi connectivity index (χ0) is 27.9. The van der Waals surface area contributed by atoms with Crippen LogP contribution in [0.15, 0.2) is 83.7 Å². The molecule has 0 radical (unpaired) electrons. The lowest BCUT2D eigenvalue weighted by Crippen LogP contribution is -2.33. The van der Waals surface area contributed by atoms with E-state index in [9.17, 15) is 22.8 Å². The van der Waals surface area contributed by atoms with Crippen LogP contribution in [0.2, 0.25) is 0 Å². The van der Waals surface area contributed by atoms with Crippen molar-refractivity contribution >= 4 is 5.91 Å². The van der Waals surface area contributed by atoms with Gasteiger partial charge in [0.25, 0.3) is 5.56 Å². The van der Waals surface area contributed by atoms with Crippen molar-refractivity contribution in [1.29, 1.82) is 0 Å². The lowest BCUT2D eigenvalue weighted by Gasteiger charge is -2.22. The fraction of sp³-hybridized carbons (Fsp3) is 0.281. The Morgan fingerprint density at radius 3 is 2.40 bits per heavy atom. The van der Waals surface area contributed by atoms with Crippen molar-refractivity contribution in [3.05, 3.63) is 123 Å². The first-order chi connectivity index (χ1) is 19.2. The van der Waals surface area contributed by atoms with E-state index in [1.165, 1.54) is 6.07 Å². The van der Waals surface area contributed by atoms with Crippen LogP contribution in [0.25, 0.3) is 11.1 Å². The van der Waals surface area contributed by atoms with Gasteiger partial charge < -0.3 is 9.88 Å². The predicted octanol–water partition coefficient (Wildman–Crippen LogP) is 6.05. The second-order valence-corrected chi connectivity index (χ2v) is 10.7. The first kappa shape index (κ1) is 26.0. The Morgan fingerprint density at radius 1 is 0.950 bits per heavy atom. The van der Waals surface area contributed by atoms with Gasteiger partial charge in [0.05, 0.1) is 29.6 Å². The Kier molecular flexibility index (Phi) is 6.56. The van der Waals surface area contributed by atoms with Crippen molar-refractivity contribution in [3.63, 3.8) is 0 Å². The van der Waals surface area contributed by atoms with Gasteiger partial charge in [0.2, 0.25) is 5.91 Å². The molecule has 1 amide bonds. The Hall–Kier alpha value is -4.20. The van der Waals surface area contributed by atoms with E-state index >= 15 is 0 Å². The highest BCUT2D eigenvalue weighted by atomic mass is 19.4. The quantitative estimate of drug-likeness (QED) is 0.333. The summed E-state index contributed by atoms with van der Waals surface area (Å²) in [6, 6.07) is 22.3. The van der Waals surface area contributed by atoms with Gasteiger partial charge in [-0.25, -0.2) is 4.98 Å². The number of halogens is 3. The summed E-state index contributed by atoms with van der Waals surface area (Å²) in [5.41, 5.74) is 3.04. The van der Waals surface area contributed by atoms with Gasteiger partial charge in [-0.05, 0) is 60.1 Å². The third kappa shape index (κ3) is 5.06. The van der Waals surface area contributed by atoms with Gasteiger partial charge in [-0.15, -0.1) is 0 Å². The topological polar surface area (TPSA) is 66.1 Å². The van der Waals surface area contributed by atoms with Crippen LogP contribution in [0.5, 0.6) is 0 Å². The Bertz CT molecular complexity index is 1620. The van der Waals surface area contributed by atoms with E-state index < -0.39 is 11.7 Å². The molecule has 0 saturated heterocycles. The van der Waals surface area contributed by atoms with E-state index in [1.54, 1.807) is 35.2 Å². The molecule has 5 nitrogen and oxygen atoms in total. The van der Waals surface area contributed by atoms with Crippen molar-refractivity contribution in [2.45, 2.75) is 50.2 Å². The molecule has 1 fully saturated rings. The summed E-state index contributed by atoms with van der Waals surface area (Å²) in [5.74, 6) is 0.549. The number of rotatable bonds is 5. The molecule has 0 unspecified atom stereocenters. The number of nitrogens with zero attached hydrogens (tertiary/aromatic N) is 2. The summed E-state index contributed by atoms with van der Waals surface area (Å²) in [6.07, 6.45) is -1.32. The van der Waals surface area contributed by atoms with E-state index in [0.29, 0.717) is 53.2 Å². The van der Waals surface area contributed by atoms with Crippen LogP contribution in [0.4, 0.5) is 13.2 Å². The van der Waals surface area contributed by atoms with Crippen LogP contribution in [0, 0.1) is 0 Å². The minimum Gasteiger partial charge on any atom is -0.336 e. The molecule has 0 bridgehead atoms. The van der Waals surface area contributed by atoms with Crippen molar-refractivity contribution < 1.29 is 18.0 Å². The smallest absolute Gasteiger partial charge is 0.336 e. The van der Waals surface area contributed by atoms with Crippen LogP contribution in [0.1, 0.15) is 53.0 Å². The highest BCUT2D eigenvalue weighted by Crippen LogP contribution is 2.52. The van der Waals surface area contributed by atoms with Crippen molar-refractivity contribution in [2.75, 3.05) is 6.54 Å². The molecule has 1 saturated carbocycles. The maximum absolute atomic E-state index is 13.4. The van der Waals surface area contributed by atoms with Crippen molar-refractivity contribution in [1.82, 2.24) is 14.9 Å². The highest BCUT2D eigenvalue weighted by Gasteiger charge is 2.48. The van der Waals surface area contributed by atoms with E-state index in [4.69, 9.17) is 4.98 Å². The van der Waals surface area contributed by atoms with Gasteiger partial charge >= 0.3 is 6.18 Å². The number of hydrogen-bond acceptors (Lipinski definition) is 3. The number of aromatic nitrogens is 2. The number of H-pyrrole nitrogens is 1. The maximum Gasteiger partial charge on any atom is 0.416 e. The van der Waals surface area contributed by atoms with Gasteiger partial charge in [0, 0.05) is 12.1 Å². The number of carbonyl (C=O) groups is 1. The first-order valence-corrected chi connectivity index (χ1v) is 13.5. The fourth-order valence-electron chi connectivity index (χ4n) is 5.65. The molecule has 6 rings (SSSR count). The first-order valence-electron chi connectivity index (χ1n) is 13.5. The van der Waals surface area contributed by atoms with E-state index in [-0.39, 0.29) is 29.8 Å². The number of nitrogens with one attached hydrogen (secondary N) is 1. The molecule has 1 aliphatic heterocycles. The number of carbonyl (C=O) groups excluding carboxylic acids is 1. The molecule has 1 N–H and O–H groups in total. The van der Waals surface area contributed by atoms with Gasteiger partial charge in [-0.3, -0.25) is 9.59 Å². The van der Waals surface area contributed by atoms with Gasteiger partial charge in [0.1, 0.15) is 5.82 Å². The number of amides is 1. The average molecular weight is 544 g/mol. The molecule has 2 heterocycles. The zero-order valence-corrected chi connectivity index (χ0v) is 21.8. The van der Waals surface area contributed by atoms with Crippen molar-refractivity contribution in [2.24, 2.45) is 0 Å². The second-order valence-electron chi connectivity index (χ2n) is 10.7. The summed E-state index contributed by atoms with van der Waals surface area (Å²) in [5, 5.41) is 0. The molecule has 204 valence electrons. The molecule has 0 atom stereocenters. The zero-order valence-electron chi connectivity index (χ0n) is 21.8. The van der Waals surface area contributed by atoms with Gasteiger partial charge in [0.15, 0.2) is 0 Å². The minimum atomic E-state index is -4.43. The number of alkyl halides is 3. The second kappa shape index (κ2) is 10.1. The number of hydrogen-bond donors (Lipinski definition) is 1. The number of fused-ring (bicyclic) bond motifs is 1. The molecular formula is C32H28F3N3O2. The molecule has 2 aliphatic rings. The third-order valence-corrected chi connectivity index (χ3v) is 7.98. The molecule has 3 aromatic carbocycles. The summed E-state index contributed by atoms with van der Waals surface area (Å²) in [6.45, 7) is 0.754. The van der Waals surface area contributed by atoms with Gasteiger partial charge in [-0.1, -0.05) is 66.7 Å². The normalized spacial score (nSPS) is 16.2. The van der Waals surface area contributed by atoms with Crippen LogP contribution in [0.3, 0.4) is 0 Å². The maximum atomic E-state index is 13.4. The van der Waals surface area contributed by atoms with Crippen LogP contribution >= 0.6 is 0 Å². The predicted molar refractivity (Wildman–Crippen MR) is 146 cm³/mol. The lowest BCUT2D eigenvalue weighted by atomic mass is 9.94. The van der Waals surface area contributed by atoms with E-state index in [1.807, 2.05) is 18.2 Å². The number of benzene rings is 3. The SMILES string of the molecule is O=C(Cc1cccc(-c2cccc(C(F)(F)F)c2)c1)N1CCCc2c(nc(C3(c4ccccc4)CC3)[nH]c2=O)C1. The Labute approximate surface area is 229 Å². The fourth-order valence-corrected chi connectivity index (χ4v) is 5.65. The standard InChI is InChI=1S/C32H28F3N3O2/c33-32(34,35)25-12-5-9-23(19-25)22-8-4-7-21(17-22)18-28(39)38-16-6-13-26-27(20-38)36-30(37-29(26)40)31(14-15-31)24-10-2-1-3-11-24/h1-5,7-12,17,19H,6,13-16,18,20H2,(H,36,37,40).